The number of nitrogens with zero attached hydrogens (tertiary/aromatic N) is 2. The minimum absolute atomic E-state index is 0.157. The zero-order valence-electron chi connectivity index (χ0n) is 11.2. The van der Waals surface area contributed by atoms with Crippen LogP contribution in [0.1, 0.15) is 42.2 Å². The fourth-order valence-electron chi connectivity index (χ4n) is 2.81. The van der Waals surface area contributed by atoms with Gasteiger partial charge < -0.3 is 14.8 Å². The maximum Gasteiger partial charge on any atom is 0.270 e. The molecule has 1 aromatic heterocycles. The molecule has 3 rings (SSSR count). The highest BCUT2D eigenvalue weighted by Crippen LogP contribution is 2.37. The summed E-state index contributed by atoms with van der Waals surface area (Å²) in [7, 11) is 1.94. The van der Waals surface area contributed by atoms with Gasteiger partial charge in [0.2, 0.25) is 0 Å². The van der Waals surface area contributed by atoms with E-state index in [-0.39, 0.29) is 5.91 Å². The van der Waals surface area contributed by atoms with E-state index in [1.165, 1.54) is 12.8 Å². The summed E-state index contributed by atoms with van der Waals surface area (Å²) in [6, 6.07) is 2.86. The Morgan fingerprint density at radius 2 is 2.05 bits per heavy atom. The summed E-state index contributed by atoms with van der Waals surface area (Å²) in [4.78, 5) is 14.6. The standard InChI is InChI=1S/C14H20BrN3O/c1-17(11-4-6-16-7-5-11)14(19)13-8-10(15)9-18(13)12-2-3-12/h8-9,11-12,16H,2-7H2,1H3. The predicted molar refractivity (Wildman–Crippen MR) is 78.4 cm³/mol. The molecule has 0 unspecified atom stereocenters. The Kier molecular flexibility index (Phi) is 3.67. The van der Waals surface area contributed by atoms with Gasteiger partial charge in [0.15, 0.2) is 0 Å². The number of nitrogens with one attached hydrogen (secondary N) is 1. The van der Waals surface area contributed by atoms with Crippen molar-refractivity contribution in [2.45, 2.75) is 37.8 Å². The van der Waals surface area contributed by atoms with Gasteiger partial charge in [-0.1, -0.05) is 0 Å². The summed E-state index contributed by atoms with van der Waals surface area (Å²) in [5.41, 5.74) is 0.829. The number of rotatable bonds is 3. The van der Waals surface area contributed by atoms with Gasteiger partial charge in [-0.05, 0) is 60.8 Å². The Morgan fingerprint density at radius 1 is 1.37 bits per heavy atom. The second-order valence-electron chi connectivity index (χ2n) is 5.58. The van der Waals surface area contributed by atoms with Crippen LogP contribution in [0.15, 0.2) is 16.7 Å². The third-order valence-electron chi connectivity index (χ3n) is 4.15. The van der Waals surface area contributed by atoms with E-state index in [2.05, 4.69) is 25.8 Å². The molecule has 1 aromatic rings. The predicted octanol–water partition coefficient (Wildman–Crippen LogP) is 2.41. The van der Waals surface area contributed by atoms with Crippen LogP contribution in [0.3, 0.4) is 0 Å². The van der Waals surface area contributed by atoms with E-state index >= 15 is 0 Å². The van der Waals surface area contributed by atoms with Gasteiger partial charge in [-0.15, -0.1) is 0 Å². The van der Waals surface area contributed by atoms with Crippen molar-refractivity contribution in [2.24, 2.45) is 0 Å². The van der Waals surface area contributed by atoms with Crippen molar-refractivity contribution >= 4 is 21.8 Å². The molecule has 0 radical (unpaired) electrons. The Bertz CT molecular complexity index is 475. The van der Waals surface area contributed by atoms with Gasteiger partial charge in [0.25, 0.3) is 5.91 Å². The molecule has 1 saturated heterocycles. The lowest BCUT2D eigenvalue weighted by Crippen LogP contribution is -2.44. The molecule has 0 aromatic carbocycles. The van der Waals surface area contributed by atoms with Crippen LogP contribution in [0, 0.1) is 0 Å². The summed E-state index contributed by atoms with van der Waals surface area (Å²) < 4.78 is 3.14. The zero-order chi connectivity index (χ0) is 13.4. The van der Waals surface area contributed by atoms with E-state index < -0.39 is 0 Å². The van der Waals surface area contributed by atoms with Crippen LogP contribution in [0.4, 0.5) is 0 Å². The Labute approximate surface area is 122 Å². The first-order valence-electron chi connectivity index (χ1n) is 7.02. The van der Waals surface area contributed by atoms with Crippen LogP contribution in [-0.2, 0) is 0 Å². The van der Waals surface area contributed by atoms with Crippen LogP contribution < -0.4 is 5.32 Å². The highest BCUT2D eigenvalue weighted by atomic mass is 79.9. The van der Waals surface area contributed by atoms with E-state index in [0.29, 0.717) is 12.1 Å². The first-order chi connectivity index (χ1) is 9.16. The molecule has 0 spiro atoms. The third kappa shape index (κ3) is 2.72. The summed E-state index contributed by atoms with van der Waals surface area (Å²) in [5.74, 6) is 0.157. The third-order valence-corrected chi connectivity index (χ3v) is 4.58. The summed E-state index contributed by atoms with van der Waals surface area (Å²) in [5, 5.41) is 3.34. The number of piperidine rings is 1. The van der Waals surface area contributed by atoms with E-state index in [4.69, 9.17) is 0 Å². The van der Waals surface area contributed by atoms with Crippen molar-refractivity contribution in [2.75, 3.05) is 20.1 Å². The van der Waals surface area contributed by atoms with Crippen LogP contribution in [0.2, 0.25) is 0 Å². The molecule has 1 aliphatic heterocycles. The van der Waals surface area contributed by atoms with Crippen molar-refractivity contribution in [3.8, 4) is 0 Å². The molecule has 1 amide bonds. The molecule has 2 aliphatic rings. The fraction of sp³-hybridized carbons (Fsp3) is 0.643. The second kappa shape index (κ2) is 5.29. The molecular weight excluding hydrogens is 306 g/mol. The van der Waals surface area contributed by atoms with Crippen LogP contribution in [-0.4, -0.2) is 41.6 Å². The Hall–Kier alpha value is -0.810. The molecule has 19 heavy (non-hydrogen) atoms. The molecule has 104 valence electrons. The molecule has 0 atom stereocenters. The number of carbonyl (C=O) groups excluding carboxylic acids is 1. The molecule has 1 N–H and O–H groups in total. The largest absolute Gasteiger partial charge is 0.339 e. The highest BCUT2D eigenvalue weighted by molar-refractivity contribution is 9.10. The van der Waals surface area contributed by atoms with Crippen molar-refractivity contribution in [1.82, 2.24) is 14.8 Å². The number of amides is 1. The fourth-order valence-corrected chi connectivity index (χ4v) is 3.25. The lowest BCUT2D eigenvalue weighted by molar-refractivity contribution is 0.0692. The second-order valence-corrected chi connectivity index (χ2v) is 6.49. The van der Waals surface area contributed by atoms with E-state index in [0.717, 1.165) is 36.1 Å². The van der Waals surface area contributed by atoms with Gasteiger partial charge in [0.05, 0.1) is 0 Å². The normalized spacial score (nSPS) is 20.5. The smallest absolute Gasteiger partial charge is 0.270 e. The minimum Gasteiger partial charge on any atom is -0.339 e. The first kappa shape index (κ1) is 13.2. The number of carbonyl (C=O) groups is 1. The van der Waals surface area contributed by atoms with Crippen LogP contribution in [0.5, 0.6) is 0 Å². The molecule has 1 saturated carbocycles. The van der Waals surface area contributed by atoms with Crippen molar-refractivity contribution in [3.63, 3.8) is 0 Å². The average Bonchev–Trinajstić information content (AvgIpc) is 3.21. The molecular formula is C14H20BrN3O. The van der Waals surface area contributed by atoms with Crippen molar-refractivity contribution in [1.29, 1.82) is 0 Å². The van der Waals surface area contributed by atoms with Crippen molar-refractivity contribution in [3.05, 3.63) is 22.4 Å². The minimum atomic E-state index is 0.157. The lowest BCUT2D eigenvalue weighted by Gasteiger charge is -2.31. The first-order valence-corrected chi connectivity index (χ1v) is 7.81. The Morgan fingerprint density at radius 3 is 2.68 bits per heavy atom. The number of hydrogen-bond donors (Lipinski definition) is 1. The molecule has 2 fully saturated rings. The monoisotopic (exact) mass is 325 g/mol. The number of hydrogen-bond acceptors (Lipinski definition) is 2. The molecule has 1 aliphatic carbocycles. The topological polar surface area (TPSA) is 37.3 Å². The zero-order valence-corrected chi connectivity index (χ0v) is 12.8. The maximum absolute atomic E-state index is 12.7. The number of halogens is 1. The van der Waals surface area contributed by atoms with Gasteiger partial charge in [-0.25, -0.2) is 0 Å². The lowest BCUT2D eigenvalue weighted by atomic mass is 10.1. The Balaban J connectivity index is 1.78. The quantitative estimate of drug-likeness (QED) is 0.926. The van der Waals surface area contributed by atoms with Gasteiger partial charge in [0, 0.05) is 29.8 Å². The van der Waals surface area contributed by atoms with E-state index in [9.17, 15) is 4.79 Å². The highest BCUT2D eigenvalue weighted by Gasteiger charge is 2.30. The van der Waals surface area contributed by atoms with Gasteiger partial charge in [-0.2, -0.15) is 0 Å². The summed E-state index contributed by atoms with van der Waals surface area (Å²) in [6.07, 6.45) is 6.53. The summed E-state index contributed by atoms with van der Waals surface area (Å²) in [6.45, 7) is 2.02. The number of aromatic nitrogens is 1. The molecule has 5 heteroatoms. The maximum atomic E-state index is 12.7. The van der Waals surface area contributed by atoms with Crippen LogP contribution in [0.25, 0.3) is 0 Å². The SMILES string of the molecule is CN(C(=O)c1cc(Br)cn1C1CC1)C1CCNCC1. The van der Waals surface area contributed by atoms with Gasteiger partial charge in [-0.3, -0.25) is 4.79 Å². The molecule has 4 nitrogen and oxygen atoms in total. The van der Waals surface area contributed by atoms with Gasteiger partial charge >= 0.3 is 0 Å². The van der Waals surface area contributed by atoms with E-state index in [1.54, 1.807) is 0 Å². The molecule has 0 bridgehead atoms. The molecule has 2 heterocycles. The average molecular weight is 326 g/mol. The van der Waals surface area contributed by atoms with Crippen LogP contribution >= 0.6 is 15.9 Å². The van der Waals surface area contributed by atoms with Crippen molar-refractivity contribution < 1.29 is 4.79 Å². The van der Waals surface area contributed by atoms with Gasteiger partial charge in [0.1, 0.15) is 5.69 Å². The summed E-state index contributed by atoms with van der Waals surface area (Å²) >= 11 is 3.49. The van der Waals surface area contributed by atoms with E-state index in [1.807, 2.05) is 24.2 Å².